The molecule has 0 aromatic heterocycles. The Morgan fingerprint density at radius 2 is 1.94 bits per heavy atom. The predicted octanol–water partition coefficient (Wildman–Crippen LogP) is 2.14. The van der Waals surface area contributed by atoms with E-state index in [2.05, 4.69) is 4.74 Å². The van der Waals surface area contributed by atoms with Crippen molar-refractivity contribution in [2.45, 2.75) is 19.5 Å². The molecule has 1 atom stereocenters. The summed E-state index contributed by atoms with van der Waals surface area (Å²) < 4.78 is 17.4. The highest BCUT2D eigenvalue weighted by atomic mass is 19.1. The Hall–Kier alpha value is -1.91. The molecule has 0 bridgehead atoms. The zero-order chi connectivity index (χ0) is 12.8. The molecule has 0 N–H and O–H groups in total. The molecule has 0 unspecified atom stereocenters. The Bertz CT molecular complexity index is 394. The van der Waals surface area contributed by atoms with E-state index in [0.717, 1.165) is 10.5 Å². The Morgan fingerprint density at radius 1 is 1.35 bits per heavy atom. The molecule has 0 radical (unpaired) electrons. The first-order valence-corrected chi connectivity index (χ1v) is 5.14. The van der Waals surface area contributed by atoms with Crippen molar-refractivity contribution in [3.05, 3.63) is 35.9 Å². The van der Waals surface area contributed by atoms with Gasteiger partial charge in [0.05, 0.1) is 7.11 Å². The number of nitrogens with zero attached hydrogens (tertiary/aromatic N) is 1. The predicted molar refractivity (Wildman–Crippen MR) is 60.0 cm³/mol. The van der Waals surface area contributed by atoms with Gasteiger partial charge in [-0.15, -0.1) is 4.39 Å². The van der Waals surface area contributed by atoms with E-state index >= 15 is 0 Å². The molecule has 0 aliphatic heterocycles. The minimum atomic E-state index is -1.65. The van der Waals surface area contributed by atoms with Crippen LogP contribution in [0.2, 0.25) is 0 Å². The van der Waals surface area contributed by atoms with E-state index in [4.69, 9.17) is 0 Å². The zero-order valence-electron chi connectivity index (χ0n) is 9.72. The van der Waals surface area contributed by atoms with Gasteiger partial charge in [-0.3, -0.25) is 4.90 Å². The highest BCUT2D eigenvalue weighted by Gasteiger charge is 2.26. The van der Waals surface area contributed by atoms with Crippen LogP contribution in [-0.4, -0.2) is 30.2 Å². The lowest BCUT2D eigenvalue weighted by molar-refractivity contribution is -0.145. The van der Waals surface area contributed by atoms with Crippen molar-refractivity contribution in [1.82, 2.24) is 4.90 Å². The van der Waals surface area contributed by atoms with Gasteiger partial charge in [-0.05, 0) is 12.5 Å². The van der Waals surface area contributed by atoms with Crippen LogP contribution in [0.3, 0.4) is 0 Å². The fourth-order valence-electron chi connectivity index (χ4n) is 1.43. The highest BCUT2D eigenvalue weighted by molar-refractivity contribution is 5.80. The van der Waals surface area contributed by atoms with Crippen molar-refractivity contribution in [3.8, 4) is 0 Å². The van der Waals surface area contributed by atoms with Gasteiger partial charge >= 0.3 is 12.1 Å². The van der Waals surface area contributed by atoms with Crippen LogP contribution in [-0.2, 0) is 16.1 Å². The number of carbonyl (C=O) groups excluding carboxylic acids is 2. The number of hydrogen-bond donors (Lipinski definition) is 0. The van der Waals surface area contributed by atoms with Crippen molar-refractivity contribution in [2.75, 3.05) is 7.11 Å². The number of amides is 1. The number of rotatable bonds is 4. The number of hydrogen-bond acceptors (Lipinski definition) is 3. The smallest absolute Gasteiger partial charge is 0.401 e. The normalized spacial score (nSPS) is 11.7. The maximum Gasteiger partial charge on any atom is 0.401 e. The van der Waals surface area contributed by atoms with Crippen LogP contribution in [0.25, 0.3) is 0 Å². The zero-order valence-corrected chi connectivity index (χ0v) is 9.72. The molecular weight excluding hydrogens is 225 g/mol. The summed E-state index contributed by atoms with van der Waals surface area (Å²) in [6, 6.07) is 7.92. The van der Waals surface area contributed by atoms with Gasteiger partial charge in [-0.25, -0.2) is 9.59 Å². The topological polar surface area (TPSA) is 46.6 Å². The lowest BCUT2D eigenvalue weighted by Gasteiger charge is -2.23. The summed E-state index contributed by atoms with van der Waals surface area (Å²) in [5.74, 6) is -0.646. The van der Waals surface area contributed by atoms with Gasteiger partial charge in [0.2, 0.25) is 0 Å². The van der Waals surface area contributed by atoms with Gasteiger partial charge in [0.1, 0.15) is 6.04 Å². The van der Waals surface area contributed by atoms with E-state index in [1.165, 1.54) is 14.0 Å². The molecule has 0 heterocycles. The second-order valence-electron chi connectivity index (χ2n) is 3.57. The quantitative estimate of drug-likeness (QED) is 0.459. The molecule has 5 heteroatoms. The number of carbonyl (C=O) groups is 2. The molecule has 1 aromatic rings. The van der Waals surface area contributed by atoms with Crippen LogP contribution in [0.1, 0.15) is 12.5 Å². The minimum absolute atomic E-state index is 0.0342. The van der Waals surface area contributed by atoms with Crippen molar-refractivity contribution >= 4 is 12.1 Å². The van der Waals surface area contributed by atoms with Gasteiger partial charge in [0.15, 0.2) is 0 Å². The van der Waals surface area contributed by atoms with E-state index < -0.39 is 18.2 Å². The van der Waals surface area contributed by atoms with E-state index in [1.54, 1.807) is 24.3 Å². The molecule has 0 fully saturated rings. The summed E-state index contributed by atoms with van der Waals surface area (Å²) in [6.45, 7) is 1.46. The number of methoxy groups -OCH3 is 1. The largest absolute Gasteiger partial charge is 0.467 e. The first-order valence-electron chi connectivity index (χ1n) is 5.14. The second kappa shape index (κ2) is 5.98. The van der Waals surface area contributed by atoms with Crippen LogP contribution in [0.15, 0.2) is 30.3 Å². The van der Waals surface area contributed by atoms with E-state index in [1.807, 2.05) is 6.07 Å². The molecule has 1 amide bonds. The molecular formula is C12H14FNO3. The van der Waals surface area contributed by atoms with Crippen LogP contribution in [0, 0.1) is 0 Å². The molecule has 1 rings (SSSR count). The average molecular weight is 239 g/mol. The van der Waals surface area contributed by atoms with Gasteiger partial charge < -0.3 is 4.74 Å². The van der Waals surface area contributed by atoms with Gasteiger partial charge in [-0.1, -0.05) is 30.3 Å². The first kappa shape index (κ1) is 13.2. The molecule has 0 saturated carbocycles. The third-order valence-corrected chi connectivity index (χ3v) is 2.43. The molecule has 0 spiro atoms. The number of benzene rings is 1. The van der Waals surface area contributed by atoms with Crippen molar-refractivity contribution in [3.63, 3.8) is 0 Å². The Morgan fingerprint density at radius 3 is 2.41 bits per heavy atom. The highest BCUT2D eigenvalue weighted by Crippen LogP contribution is 2.11. The van der Waals surface area contributed by atoms with Gasteiger partial charge in [0, 0.05) is 6.54 Å². The molecule has 0 aliphatic carbocycles. The Kier molecular flexibility index (Phi) is 4.63. The fraction of sp³-hybridized carbons (Fsp3) is 0.333. The number of esters is 1. The van der Waals surface area contributed by atoms with E-state index in [-0.39, 0.29) is 6.54 Å². The van der Waals surface area contributed by atoms with E-state index in [9.17, 15) is 14.0 Å². The molecule has 92 valence electrons. The second-order valence-corrected chi connectivity index (χ2v) is 3.57. The first-order chi connectivity index (χ1) is 8.06. The average Bonchev–Trinajstić information content (AvgIpc) is 2.35. The monoisotopic (exact) mass is 239 g/mol. The van der Waals surface area contributed by atoms with E-state index in [0.29, 0.717) is 0 Å². The molecule has 1 aromatic carbocycles. The maximum absolute atomic E-state index is 12.9. The van der Waals surface area contributed by atoms with Crippen LogP contribution in [0.5, 0.6) is 0 Å². The van der Waals surface area contributed by atoms with Crippen LogP contribution >= 0.6 is 0 Å². The summed E-state index contributed by atoms with van der Waals surface area (Å²) in [5, 5.41) is 0. The summed E-state index contributed by atoms with van der Waals surface area (Å²) in [5.41, 5.74) is 0.745. The molecule has 0 aliphatic rings. The standard InChI is InChI=1S/C12H14FNO3/c1-9(11(15)17-2)14(12(13)16)8-10-6-4-3-5-7-10/h3-7,9H,8H2,1-2H3/t9-/m0/s1. The van der Waals surface area contributed by atoms with Gasteiger partial charge in [-0.2, -0.15) is 0 Å². The summed E-state index contributed by atoms with van der Waals surface area (Å²) in [6.07, 6.45) is -1.65. The van der Waals surface area contributed by atoms with Gasteiger partial charge in [0.25, 0.3) is 0 Å². The third-order valence-electron chi connectivity index (χ3n) is 2.43. The summed E-state index contributed by atoms with van der Waals surface area (Å²) in [4.78, 5) is 22.9. The SMILES string of the molecule is COC(=O)[C@H](C)N(Cc1ccccc1)C(=O)F. The van der Waals surface area contributed by atoms with Crippen LogP contribution in [0.4, 0.5) is 9.18 Å². The Labute approximate surface area is 99.0 Å². The van der Waals surface area contributed by atoms with Crippen molar-refractivity contribution in [1.29, 1.82) is 0 Å². The summed E-state index contributed by atoms with van der Waals surface area (Å²) in [7, 11) is 1.20. The van der Waals surface area contributed by atoms with Crippen LogP contribution < -0.4 is 0 Å². The minimum Gasteiger partial charge on any atom is -0.467 e. The molecule has 17 heavy (non-hydrogen) atoms. The maximum atomic E-state index is 12.9. The third kappa shape index (κ3) is 3.55. The molecule has 4 nitrogen and oxygen atoms in total. The lowest BCUT2D eigenvalue weighted by Crippen LogP contribution is -2.41. The van der Waals surface area contributed by atoms with Crippen molar-refractivity contribution in [2.24, 2.45) is 0 Å². The molecule has 0 saturated heterocycles. The fourth-order valence-corrected chi connectivity index (χ4v) is 1.43. The Balaban J connectivity index is 2.81. The number of ether oxygens (including phenoxy) is 1. The summed E-state index contributed by atoms with van der Waals surface area (Å²) >= 11 is 0. The van der Waals surface area contributed by atoms with Crippen molar-refractivity contribution < 1.29 is 18.7 Å². The lowest BCUT2D eigenvalue weighted by atomic mass is 10.2. The number of halogens is 1.